The van der Waals surface area contributed by atoms with E-state index in [9.17, 15) is 29.6 Å². The molecule has 0 bridgehead atoms. The van der Waals surface area contributed by atoms with Crippen LogP contribution in [0.15, 0.2) is 18.2 Å². The van der Waals surface area contributed by atoms with Crippen molar-refractivity contribution in [2.24, 2.45) is 5.92 Å². The molecule has 0 aromatic heterocycles. The Balaban J connectivity index is 2.53. The minimum Gasteiger partial charge on any atom is -0.548 e. The molecule has 0 saturated heterocycles. The number of carboxylic acid groups (broad SMARTS) is 1. The number of imide groups is 1. The van der Waals surface area contributed by atoms with E-state index in [4.69, 9.17) is 0 Å². The third-order valence-corrected chi connectivity index (χ3v) is 3.40. The highest BCUT2D eigenvalue weighted by atomic mass is 16.6. The second-order valence-electron chi connectivity index (χ2n) is 5.40. The van der Waals surface area contributed by atoms with Gasteiger partial charge in [-0.2, -0.15) is 0 Å². The largest absolute Gasteiger partial charge is 0.548 e. The number of nitrogens with zero attached hydrogens (tertiary/aromatic N) is 2. The Bertz CT molecular complexity index is 682. The number of aliphatic carboxylic acids is 1. The average molecular weight is 305 g/mol. The van der Waals surface area contributed by atoms with Crippen molar-refractivity contribution in [3.63, 3.8) is 0 Å². The van der Waals surface area contributed by atoms with Crippen LogP contribution in [-0.4, -0.2) is 33.6 Å². The van der Waals surface area contributed by atoms with Crippen molar-refractivity contribution < 1.29 is 24.4 Å². The molecule has 0 unspecified atom stereocenters. The van der Waals surface area contributed by atoms with Gasteiger partial charge in [0.25, 0.3) is 17.5 Å². The van der Waals surface area contributed by atoms with E-state index >= 15 is 0 Å². The normalized spacial score (nSPS) is 15.1. The van der Waals surface area contributed by atoms with Gasteiger partial charge in [-0.25, -0.2) is 0 Å². The quantitative estimate of drug-likeness (QED) is 0.440. The molecule has 1 heterocycles. The Kier molecular flexibility index (Phi) is 3.94. The minimum absolute atomic E-state index is 0.0155. The van der Waals surface area contributed by atoms with Crippen LogP contribution in [0.3, 0.4) is 0 Å². The molecule has 1 aromatic rings. The molecule has 1 aliphatic heterocycles. The van der Waals surface area contributed by atoms with Crippen LogP contribution in [-0.2, 0) is 4.79 Å². The zero-order valence-electron chi connectivity index (χ0n) is 11.9. The lowest BCUT2D eigenvalue weighted by atomic mass is 10.0. The zero-order chi connectivity index (χ0) is 16.6. The van der Waals surface area contributed by atoms with Crippen LogP contribution in [0.25, 0.3) is 0 Å². The van der Waals surface area contributed by atoms with Crippen molar-refractivity contribution in [3.05, 3.63) is 39.4 Å². The third-order valence-electron chi connectivity index (χ3n) is 3.40. The van der Waals surface area contributed by atoms with Crippen LogP contribution in [0.1, 0.15) is 41.0 Å². The summed E-state index contributed by atoms with van der Waals surface area (Å²) < 4.78 is 0. The number of carboxylic acids is 1. The number of amides is 2. The second-order valence-corrected chi connectivity index (χ2v) is 5.40. The number of carbonyl (C=O) groups is 3. The summed E-state index contributed by atoms with van der Waals surface area (Å²) in [5, 5.41) is 22.3. The van der Waals surface area contributed by atoms with Gasteiger partial charge in [0.15, 0.2) is 0 Å². The van der Waals surface area contributed by atoms with Gasteiger partial charge in [0.2, 0.25) is 0 Å². The molecule has 0 radical (unpaired) electrons. The summed E-state index contributed by atoms with van der Waals surface area (Å²) in [4.78, 5) is 46.7. The highest BCUT2D eigenvalue weighted by Gasteiger charge is 2.44. The first-order valence-electron chi connectivity index (χ1n) is 6.61. The summed E-state index contributed by atoms with van der Waals surface area (Å²) in [6.45, 7) is 3.47. The third kappa shape index (κ3) is 2.43. The maximum Gasteiger partial charge on any atom is 0.282 e. The predicted molar refractivity (Wildman–Crippen MR) is 71.8 cm³/mol. The van der Waals surface area contributed by atoms with E-state index < -0.39 is 34.4 Å². The van der Waals surface area contributed by atoms with Crippen molar-refractivity contribution in [1.82, 2.24) is 4.90 Å². The van der Waals surface area contributed by atoms with Gasteiger partial charge in [-0.3, -0.25) is 24.6 Å². The van der Waals surface area contributed by atoms with E-state index in [-0.39, 0.29) is 23.5 Å². The maximum atomic E-state index is 12.4. The van der Waals surface area contributed by atoms with Crippen LogP contribution in [0, 0.1) is 16.0 Å². The van der Waals surface area contributed by atoms with E-state index in [1.165, 1.54) is 12.1 Å². The number of nitro groups is 1. The first-order chi connectivity index (χ1) is 10.3. The lowest BCUT2D eigenvalue weighted by molar-refractivity contribution is -0.385. The monoisotopic (exact) mass is 305 g/mol. The molecule has 8 heteroatoms. The lowest BCUT2D eigenvalue weighted by Gasteiger charge is -2.28. The summed E-state index contributed by atoms with van der Waals surface area (Å²) in [5.41, 5.74) is -1.04. The fourth-order valence-electron chi connectivity index (χ4n) is 2.47. The van der Waals surface area contributed by atoms with Crippen LogP contribution < -0.4 is 5.11 Å². The van der Waals surface area contributed by atoms with Gasteiger partial charge < -0.3 is 9.90 Å². The Morgan fingerprint density at radius 1 is 1.27 bits per heavy atom. The summed E-state index contributed by atoms with van der Waals surface area (Å²) in [6, 6.07) is 2.20. The lowest BCUT2D eigenvalue weighted by Crippen LogP contribution is -2.51. The van der Waals surface area contributed by atoms with Crippen molar-refractivity contribution in [1.29, 1.82) is 0 Å². The Morgan fingerprint density at radius 3 is 2.41 bits per heavy atom. The first kappa shape index (κ1) is 15.6. The van der Waals surface area contributed by atoms with Crippen LogP contribution in [0.5, 0.6) is 0 Å². The summed E-state index contributed by atoms with van der Waals surface area (Å²) in [7, 11) is 0. The zero-order valence-corrected chi connectivity index (χ0v) is 11.9. The second kappa shape index (κ2) is 5.55. The Hall–Kier alpha value is -2.77. The molecule has 2 rings (SSSR count). The van der Waals surface area contributed by atoms with Crippen LogP contribution >= 0.6 is 0 Å². The number of hydrogen-bond donors (Lipinski definition) is 0. The summed E-state index contributed by atoms with van der Waals surface area (Å²) in [6.07, 6.45) is 0.0155. The van der Waals surface area contributed by atoms with Gasteiger partial charge in [0.05, 0.1) is 22.5 Å². The van der Waals surface area contributed by atoms with Gasteiger partial charge in [-0.15, -0.1) is 0 Å². The SMILES string of the molecule is CC(C)C[C@@H](C(=O)[O-])N1C(=O)c2cccc([N+](=O)[O-])c2C1=O. The fraction of sp³-hybridized carbons (Fsp3) is 0.357. The number of rotatable bonds is 5. The number of benzene rings is 1. The van der Waals surface area contributed by atoms with E-state index in [2.05, 4.69) is 0 Å². The smallest absolute Gasteiger partial charge is 0.282 e. The van der Waals surface area contributed by atoms with E-state index in [1.807, 2.05) is 0 Å². The number of fused-ring (bicyclic) bond motifs is 1. The molecular formula is C14H13N2O6-. The maximum absolute atomic E-state index is 12.4. The molecule has 22 heavy (non-hydrogen) atoms. The highest BCUT2D eigenvalue weighted by molar-refractivity contribution is 6.24. The fourth-order valence-corrected chi connectivity index (χ4v) is 2.47. The van der Waals surface area contributed by atoms with E-state index in [1.54, 1.807) is 13.8 Å². The Morgan fingerprint density at radius 2 is 1.91 bits per heavy atom. The van der Waals surface area contributed by atoms with Gasteiger partial charge in [-0.1, -0.05) is 19.9 Å². The molecule has 8 nitrogen and oxygen atoms in total. The molecule has 0 N–H and O–H groups in total. The highest BCUT2D eigenvalue weighted by Crippen LogP contribution is 2.32. The first-order valence-corrected chi connectivity index (χ1v) is 6.61. The molecular weight excluding hydrogens is 292 g/mol. The molecule has 116 valence electrons. The molecule has 0 aliphatic carbocycles. The number of nitro benzene ring substituents is 1. The van der Waals surface area contributed by atoms with Crippen molar-refractivity contribution >= 4 is 23.5 Å². The number of carbonyl (C=O) groups excluding carboxylic acids is 3. The molecule has 1 atom stereocenters. The van der Waals surface area contributed by atoms with Gasteiger partial charge in [-0.05, 0) is 18.4 Å². The Labute approximate surface area is 125 Å². The summed E-state index contributed by atoms with van der Waals surface area (Å²) >= 11 is 0. The van der Waals surface area contributed by atoms with E-state index in [0.717, 1.165) is 6.07 Å². The van der Waals surface area contributed by atoms with Crippen molar-refractivity contribution in [2.45, 2.75) is 26.3 Å². The summed E-state index contributed by atoms with van der Waals surface area (Å²) in [5.74, 6) is -3.49. The molecule has 0 fully saturated rings. The van der Waals surface area contributed by atoms with Gasteiger partial charge >= 0.3 is 0 Å². The van der Waals surface area contributed by atoms with Crippen molar-refractivity contribution in [3.8, 4) is 0 Å². The average Bonchev–Trinajstić information content (AvgIpc) is 2.68. The van der Waals surface area contributed by atoms with Gasteiger partial charge in [0.1, 0.15) is 5.56 Å². The minimum atomic E-state index is -1.56. The standard InChI is InChI=1S/C14H14N2O6/c1-7(2)6-10(14(19)20)15-12(17)8-4-3-5-9(16(21)22)11(8)13(15)18/h3-5,7,10H,6H2,1-2H3,(H,19,20)/p-1/t10-/m0/s1. The topological polar surface area (TPSA) is 121 Å². The van der Waals surface area contributed by atoms with Crippen molar-refractivity contribution in [2.75, 3.05) is 0 Å². The predicted octanol–water partition coefficient (Wildman–Crippen LogP) is 0.355. The van der Waals surface area contributed by atoms with Crippen LogP contribution in [0.2, 0.25) is 0 Å². The van der Waals surface area contributed by atoms with Crippen LogP contribution in [0.4, 0.5) is 5.69 Å². The molecule has 2 amide bonds. The molecule has 1 aliphatic rings. The molecule has 1 aromatic carbocycles. The molecule has 0 saturated carbocycles. The number of hydrogen-bond acceptors (Lipinski definition) is 6. The van der Waals surface area contributed by atoms with E-state index in [0.29, 0.717) is 4.90 Å². The molecule has 0 spiro atoms. The van der Waals surface area contributed by atoms with Gasteiger partial charge in [0, 0.05) is 6.07 Å².